The fourth-order valence-electron chi connectivity index (χ4n) is 1.38. The van der Waals surface area contributed by atoms with E-state index in [2.05, 4.69) is 0 Å². The Kier molecular flexibility index (Phi) is 4.44. The minimum atomic E-state index is -3.87. The summed E-state index contributed by atoms with van der Waals surface area (Å²) >= 11 is 11.4. The van der Waals surface area contributed by atoms with Gasteiger partial charge in [0.05, 0.1) is 14.9 Å². The number of halogens is 4. The third-order valence-corrected chi connectivity index (χ3v) is 4.26. The van der Waals surface area contributed by atoms with Crippen molar-refractivity contribution in [2.75, 3.05) is 0 Å². The largest absolute Gasteiger partial charge is 0.456 e. The first kappa shape index (κ1) is 15.4. The summed E-state index contributed by atoms with van der Waals surface area (Å²) in [4.78, 5) is -0.154. The van der Waals surface area contributed by atoms with E-state index in [0.717, 1.165) is 12.1 Å². The molecule has 0 N–H and O–H groups in total. The highest BCUT2D eigenvalue weighted by molar-refractivity contribution is 8.13. The SMILES string of the molecule is O=S(=O)(Cl)c1ccc(Oc2ccc(Cl)c(F)c2)c(Cl)c1. The van der Waals surface area contributed by atoms with Crippen LogP contribution in [0.15, 0.2) is 41.3 Å². The summed E-state index contributed by atoms with van der Waals surface area (Å²) in [5.41, 5.74) is 0. The van der Waals surface area contributed by atoms with Gasteiger partial charge >= 0.3 is 0 Å². The van der Waals surface area contributed by atoms with Crippen LogP contribution in [0.1, 0.15) is 0 Å². The van der Waals surface area contributed by atoms with Crippen molar-refractivity contribution in [1.29, 1.82) is 0 Å². The summed E-state index contributed by atoms with van der Waals surface area (Å²) in [5.74, 6) is -0.298. The third kappa shape index (κ3) is 3.55. The molecule has 0 unspecified atom stereocenters. The van der Waals surface area contributed by atoms with Crippen molar-refractivity contribution in [3.63, 3.8) is 0 Å². The van der Waals surface area contributed by atoms with Crippen molar-refractivity contribution in [3.8, 4) is 11.5 Å². The fourth-order valence-corrected chi connectivity index (χ4v) is 2.56. The average Bonchev–Trinajstić information content (AvgIpc) is 2.35. The van der Waals surface area contributed by atoms with Crippen molar-refractivity contribution < 1.29 is 17.5 Å². The highest BCUT2D eigenvalue weighted by Gasteiger charge is 2.13. The summed E-state index contributed by atoms with van der Waals surface area (Å²) in [5, 5.41) is -0.00545. The van der Waals surface area contributed by atoms with E-state index in [0.29, 0.717) is 0 Å². The Morgan fingerprint density at radius 2 is 1.70 bits per heavy atom. The Bertz CT molecular complexity index is 763. The second-order valence-corrected chi connectivity index (χ2v) is 7.09. The lowest BCUT2D eigenvalue weighted by atomic mass is 10.3. The molecule has 3 nitrogen and oxygen atoms in total. The van der Waals surface area contributed by atoms with E-state index in [1.165, 1.54) is 24.3 Å². The molecule has 0 heterocycles. The van der Waals surface area contributed by atoms with Crippen LogP contribution in [0.5, 0.6) is 11.5 Å². The summed E-state index contributed by atoms with van der Waals surface area (Å²) in [6.07, 6.45) is 0. The molecule has 0 saturated carbocycles. The molecule has 0 saturated heterocycles. The molecule has 0 atom stereocenters. The van der Waals surface area contributed by atoms with Crippen LogP contribution in [-0.4, -0.2) is 8.42 Å². The summed E-state index contributed by atoms with van der Waals surface area (Å²) in [6.45, 7) is 0. The van der Waals surface area contributed by atoms with Crippen molar-refractivity contribution in [2.45, 2.75) is 4.90 Å². The Morgan fingerprint density at radius 3 is 2.25 bits per heavy atom. The molecule has 0 aromatic heterocycles. The van der Waals surface area contributed by atoms with Crippen molar-refractivity contribution in [1.82, 2.24) is 0 Å². The molecule has 0 fully saturated rings. The van der Waals surface area contributed by atoms with Gasteiger partial charge in [0, 0.05) is 16.7 Å². The molecule has 2 aromatic rings. The van der Waals surface area contributed by atoms with Crippen LogP contribution in [0.4, 0.5) is 4.39 Å². The van der Waals surface area contributed by atoms with Gasteiger partial charge in [-0.1, -0.05) is 23.2 Å². The molecular weight excluding hydrogens is 350 g/mol. The topological polar surface area (TPSA) is 43.4 Å². The van der Waals surface area contributed by atoms with Gasteiger partial charge in [-0.3, -0.25) is 0 Å². The third-order valence-electron chi connectivity index (χ3n) is 2.30. The van der Waals surface area contributed by atoms with Gasteiger partial charge in [-0.2, -0.15) is 0 Å². The predicted molar refractivity (Wildman–Crippen MR) is 76.0 cm³/mol. The van der Waals surface area contributed by atoms with Crippen LogP contribution in [0.2, 0.25) is 10.0 Å². The highest BCUT2D eigenvalue weighted by Crippen LogP contribution is 2.33. The molecule has 0 aliphatic rings. The maximum absolute atomic E-state index is 13.3. The van der Waals surface area contributed by atoms with Gasteiger partial charge in [0.25, 0.3) is 9.05 Å². The normalized spacial score (nSPS) is 11.4. The number of hydrogen-bond acceptors (Lipinski definition) is 3. The van der Waals surface area contributed by atoms with E-state index in [9.17, 15) is 12.8 Å². The number of ether oxygens (including phenoxy) is 1. The molecule has 106 valence electrons. The Hall–Kier alpha value is -1.01. The molecule has 0 aliphatic heterocycles. The van der Waals surface area contributed by atoms with Crippen molar-refractivity contribution in [3.05, 3.63) is 52.3 Å². The molecule has 2 aromatic carbocycles. The average molecular weight is 356 g/mol. The molecule has 0 amide bonds. The first-order valence-electron chi connectivity index (χ1n) is 5.14. The van der Waals surface area contributed by atoms with E-state index >= 15 is 0 Å². The summed E-state index contributed by atoms with van der Waals surface area (Å²) in [7, 11) is 1.32. The summed E-state index contributed by atoms with van der Waals surface area (Å²) in [6, 6.07) is 7.57. The Balaban J connectivity index is 2.32. The first-order valence-corrected chi connectivity index (χ1v) is 8.21. The van der Waals surface area contributed by atoms with Crippen LogP contribution in [0, 0.1) is 5.82 Å². The van der Waals surface area contributed by atoms with Crippen LogP contribution < -0.4 is 4.74 Å². The van der Waals surface area contributed by atoms with E-state index < -0.39 is 14.9 Å². The molecule has 0 spiro atoms. The maximum Gasteiger partial charge on any atom is 0.261 e. The van der Waals surface area contributed by atoms with Crippen molar-refractivity contribution >= 4 is 42.9 Å². The van der Waals surface area contributed by atoms with Gasteiger partial charge < -0.3 is 4.74 Å². The molecule has 0 aliphatic carbocycles. The first-order chi connectivity index (χ1) is 9.27. The summed E-state index contributed by atoms with van der Waals surface area (Å²) < 4.78 is 40.9. The van der Waals surface area contributed by atoms with E-state index in [1.54, 1.807) is 0 Å². The monoisotopic (exact) mass is 354 g/mol. The molecule has 0 radical (unpaired) electrons. The minimum Gasteiger partial charge on any atom is -0.456 e. The zero-order valence-corrected chi connectivity index (χ0v) is 12.7. The second-order valence-electron chi connectivity index (χ2n) is 3.71. The zero-order valence-electron chi connectivity index (χ0n) is 9.61. The minimum absolute atomic E-state index is 0.0297. The van der Waals surface area contributed by atoms with Gasteiger partial charge in [-0.25, -0.2) is 12.8 Å². The predicted octanol–water partition coefficient (Wildman–Crippen LogP) is 4.85. The number of hydrogen-bond donors (Lipinski definition) is 0. The lowest BCUT2D eigenvalue weighted by Gasteiger charge is -2.08. The fraction of sp³-hybridized carbons (Fsp3) is 0. The maximum atomic E-state index is 13.3. The van der Waals surface area contributed by atoms with Crippen LogP contribution in [-0.2, 0) is 9.05 Å². The van der Waals surface area contributed by atoms with Gasteiger partial charge in [-0.05, 0) is 30.3 Å². The molecular formula is C12H6Cl3FO3S. The van der Waals surface area contributed by atoms with E-state index in [-0.39, 0.29) is 26.4 Å². The molecule has 20 heavy (non-hydrogen) atoms. The Morgan fingerprint density at radius 1 is 1.00 bits per heavy atom. The molecule has 0 bridgehead atoms. The smallest absolute Gasteiger partial charge is 0.261 e. The van der Waals surface area contributed by atoms with Crippen LogP contribution in [0.25, 0.3) is 0 Å². The van der Waals surface area contributed by atoms with E-state index in [1.807, 2.05) is 0 Å². The van der Waals surface area contributed by atoms with Gasteiger partial charge in [-0.15, -0.1) is 0 Å². The quantitative estimate of drug-likeness (QED) is 0.739. The zero-order chi connectivity index (χ0) is 14.9. The number of rotatable bonds is 3. The van der Waals surface area contributed by atoms with Gasteiger partial charge in [0.15, 0.2) is 0 Å². The molecule has 2 rings (SSSR count). The van der Waals surface area contributed by atoms with E-state index in [4.69, 9.17) is 38.6 Å². The van der Waals surface area contributed by atoms with Crippen LogP contribution in [0.3, 0.4) is 0 Å². The van der Waals surface area contributed by atoms with Gasteiger partial charge in [0.1, 0.15) is 17.3 Å². The van der Waals surface area contributed by atoms with Crippen molar-refractivity contribution in [2.24, 2.45) is 0 Å². The standard InChI is InChI=1S/C12H6Cl3FO3S/c13-9-3-1-7(5-11(9)16)19-12-4-2-8(6-10(12)14)20(15,17)18/h1-6H. The molecule has 8 heteroatoms. The Labute approximate surface area is 129 Å². The lowest BCUT2D eigenvalue weighted by molar-refractivity contribution is 0.476. The van der Waals surface area contributed by atoms with Gasteiger partial charge in [0.2, 0.25) is 0 Å². The second kappa shape index (κ2) is 5.77. The number of benzene rings is 2. The highest BCUT2D eigenvalue weighted by atomic mass is 35.7. The van der Waals surface area contributed by atoms with Crippen LogP contribution >= 0.6 is 33.9 Å². The lowest BCUT2D eigenvalue weighted by Crippen LogP contribution is -1.92.